The lowest BCUT2D eigenvalue weighted by Gasteiger charge is -2.06. The molecule has 0 fully saturated rings. The minimum atomic E-state index is 0.414. The van der Waals surface area contributed by atoms with Crippen LogP contribution in [0.1, 0.15) is 30.9 Å². The normalized spacial score (nSPS) is 10.8. The molecule has 0 saturated heterocycles. The average Bonchev–Trinajstić information content (AvgIpc) is 2.99. The summed E-state index contributed by atoms with van der Waals surface area (Å²) < 4.78 is 1.96. The van der Waals surface area contributed by atoms with E-state index in [-0.39, 0.29) is 0 Å². The zero-order chi connectivity index (χ0) is 16.9. The first-order valence-corrected chi connectivity index (χ1v) is 8.80. The molecule has 0 aliphatic heterocycles. The first kappa shape index (κ1) is 16.3. The molecule has 24 heavy (non-hydrogen) atoms. The van der Waals surface area contributed by atoms with Gasteiger partial charge in [0.15, 0.2) is 16.6 Å². The van der Waals surface area contributed by atoms with Gasteiger partial charge in [-0.25, -0.2) is 15.0 Å². The second-order valence-electron chi connectivity index (χ2n) is 5.45. The number of benzene rings is 1. The molecule has 1 aromatic carbocycles. The van der Waals surface area contributed by atoms with Gasteiger partial charge in [-0.2, -0.15) is 5.26 Å². The van der Waals surface area contributed by atoms with Crippen molar-refractivity contribution in [2.24, 2.45) is 0 Å². The van der Waals surface area contributed by atoms with Gasteiger partial charge in [0.25, 0.3) is 0 Å². The highest BCUT2D eigenvalue weighted by molar-refractivity contribution is 7.99. The van der Waals surface area contributed by atoms with Crippen molar-refractivity contribution in [2.45, 2.75) is 31.5 Å². The number of hydrogen-bond acceptors (Lipinski definition) is 6. The van der Waals surface area contributed by atoms with E-state index in [1.165, 1.54) is 0 Å². The largest absolute Gasteiger partial charge is 0.382 e. The molecule has 0 atom stereocenters. The summed E-state index contributed by atoms with van der Waals surface area (Å²) in [5.74, 6) is 1.39. The lowest BCUT2D eigenvalue weighted by Crippen LogP contribution is -2.02. The fourth-order valence-corrected chi connectivity index (χ4v) is 3.24. The Morgan fingerprint density at radius 1 is 1.25 bits per heavy atom. The number of imidazole rings is 1. The van der Waals surface area contributed by atoms with Crippen LogP contribution in [0.5, 0.6) is 0 Å². The fraction of sp³-hybridized carbons (Fsp3) is 0.294. The molecule has 0 aliphatic rings. The lowest BCUT2D eigenvalue weighted by molar-refractivity contribution is 0.804. The van der Waals surface area contributed by atoms with Crippen LogP contribution in [-0.4, -0.2) is 25.3 Å². The van der Waals surface area contributed by atoms with E-state index in [0.717, 1.165) is 29.8 Å². The van der Waals surface area contributed by atoms with E-state index in [4.69, 9.17) is 11.0 Å². The Morgan fingerprint density at radius 2 is 2.04 bits per heavy atom. The van der Waals surface area contributed by atoms with Gasteiger partial charge in [0.2, 0.25) is 0 Å². The molecule has 0 unspecified atom stereocenters. The Morgan fingerprint density at radius 3 is 2.75 bits per heavy atom. The smallest absolute Gasteiger partial charge is 0.191 e. The van der Waals surface area contributed by atoms with Crippen molar-refractivity contribution in [3.63, 3.8) is 0 Å². The maximum Gasteiger partial charge on any atom is 0.191 e. The number of aromatic nitrogens is 4. The predicted octanol–water partition coefficient (Wildman–Crippen LogP) is 3.22. The fourth-order valence-electron chi connectivity index (χ4n) is 2.31. The summed E-state index contributed by atoms with van der Waals surface area (Å²) in [6.45, 7) is 2.78. The third-order valence-electron chi connectivity index (χ3n) is 3.64. The van der Waals surface area contributed by atoms with Crippen molar-refractivity contribution in [1.29, 1.82) is 5.26 Å². The number of nitrogens with two attached hydrogens (primary N) is 1. The van der Waals surface area contributed by atoms with E-state index in [1.807, 2.05) is 28.8 Å². The van der Waals surface area contributed by atoms with Crippen LogP contribution >= 0.6 is 11.8 Å². The predicted molar refractivity (Wildman–Crippen MR) is 95.6 cm³/mol. The van der Waals surface area contributed by atoms with Gasteiger partial charge in [-0.05, 0) is 24.1 Å². The lowest BCUT2D eigenvalue weighted by atomic mass is 10.1. The van der Waals surface area contributed by atoms with E-state index in [2.05, 4.69) is 27.9 Å². The number of fused-ring (bicyclic) bond motifs is 1. The van der Waals surface area contributed by atoms with Gasteiger partial charge >= 0.3 is 0 Å². The van der Waals surface area contributed by atoms with Crippen molar-refractivity contribution in [3.05, 3.63) is 41.7 Å². The van der Waals surface area contributed by atoms with Crippen LogP contribution in [-0.2, 0) is 6.54 Å². The van der Waals surface area contributed by atoms with Gasteiger partial charge in [0.05, 0.1) is 24.5 Å². The number of nitrogens with zero attached hydrogens (tertiary/aromatic N) is 5. The highest BCUT2D eigenvalue weighted by atomic mass is 32.2. The quantitative estimate of drug-likeness (QED) is 0.421. The van der Waals surface area contributed by atoms with Crippen molar-refractivity contribution < 1.29 is 0 Å². The summed E-state index contributed by atoms with van der Waals surface area (Å²) >= 11 is 1.62. The van der Waals surface area contributed by atoms with E-state index < -0.39 is 0 Å². The van der Waals surface area contributed by atoms with Crippen LogP contribution in [0.4, 0.5) is 5.82 Å². The van der Waals surface area contributed by atoms with Crippen molar-refractivity contribution in [1.82, 2.24) is 19.5 Å². The van der Waals surface area contributed by atoms with Crippen molar-refractivity contribution in [2.75, 3.05) is 11.5 Å². The summed E-state index contributed by atoms with van der Waals surface area (Å²) in [5.41, 5.74) is 9.12. The first-order valence-electron chi connectivity index (χ1n) is 7.81. The molecule has 0 spiro atoms. The molecule has 2 heterocycles. The van der Waals surface area contributed by atoms with Crippen LogP contribution in [0.3, 0.4) is 0 Å². The molecule has 3 aromatic rings. The molecule has 6 nitrogen and oxygen atoms in total. The molecule has 2 N–H and O–H groups in total. The van der Waals surface area contributed by atoms with Crippen LogP contribution in [0.15, 0.2) is 35.7 Å². The Bertz CT molecular complexity index is 878. The summed E-state index contributed by atoms with van der Waals surface area (Å²) in [7, 11) is 0. The minimum absolute atomic E-state index is 0.414. The average molecular weight is 338 g/mol. The van der Waals surface area contributed by atoms with Gasteiger partial charge in [0.1, 0.15) is 5.52 Å². The zero-order valence-electron chi connectivity index (χ0n) is 13.4. The van der Waals surface area contributed by atoms with Gasteiger partial charge in [0, 0.05) is 5.75 Å². The molecule has 122 valence electrons. The number of nitrogen functional groups attached to an aromatic ring is 1. The number of thioether (sulfide) groups is 1. The van der Waals surface area contributed by atoms with Crippen LogP contribution < -0.4 is 5.73 Å². The highest BCUT2D eigenvalue weighted by Gasteiger charge is 2.12. The summed E-state index contributed by atoms with van der Waals surface area (Å²) in [4.78, 5) is 13.3. The monoisotopic (exact) mass is 338 g/mol. The van der Waals surface area contributed by atoms with Gasteiger partial charge in [-0.1, -0.05) is 37.2 Å². The SMILES string of the molecule is CCCCSc1nc(N)c2ncn(Cc3ccc(C#N)cc3)c2n1. The van der Waals surface area contributed by atoms with Crippen molar-refractivity contribution in [3.8, 4) is 6.07 Å². The molecule has 0 saturated carbocycles. The molecule has 3 rings (SSSR count). The molecule has 0 radical (unpaired) electrons. The second-order valence-corrected chi connectivity index (χ2v) is 6.51. The molecule has 7 heteroatoms. The number of nitriles is 1. The molecule has 0 bridgehead atoms. The van der Waals surface area contributed by atoms with Gasteiger partial charge < -0.3 is 10.3 Å². The Balaban J connectivity index is 1.88. The van der Waals surface area contributed by atoms with Crippen molar-refractivity contribution >= 4 is 28.7 Å². The van der Waals surface area contributed by atoms with Crippen LogP contribution in [0.25, 0.3) is 11.2 Å². The Labute approximate surface area is 144 Å². The highest BCUT2D eigenvalue weighted by Crippen LogP contribution is 2.23. The third-order valence-corrected chi connectivity index (χ3v) is 4.57. The summed E-state index contributed by atoms with van der Waals surface area (Å²) in [6.07, 6.45) is 3.99. The van der Waals surface area contributed by atoms with E-state index in [9.17, 15) is 0 Å². The first-order chi connectivity index (χ1) is 11.7. The zero-order valence-corrected chi connectivity index (χ0v) is 14.3. The van der Waals surface area contributed by atoms with E-state index >= 15 is 0 Å². The number of anilines is 1. The Kier molecular flexibility index (Phi) is 4.96. The standard InChI is InChI=1S/C17H18N6S/c1-2-3-8-24-17-21-15(19)14-16(22-17)23(11-20-14)10-13-6-4-12(9-18)5-7-13/h4-7,11H,2-3,8,10H2,1H3,(H2,19,21,22). The van der Waals surface area contributed by atoms with Crippen LogP contribution in [0, 0.1) is 11.3 Å². The van der Waals surface area contributed by atoms with Gasteiger partial charge in [-0.15, -0.1) is 0 Å². The minimum Gasteiger partial charge on any atom is -0.382 e. The van der Waals surface area contributed by atoms with E-state index in [1.54, 1.807) is 18.1 Å². The second kappa shape index (κ2) is 7.32. The molecule has 0 aliphatic carbocycles. The van der Waals surface area contributed by atoms with Gasteiger partial charge in [-0.3, -0.25) is 0 Å². The maximum atomic E-state index is 8.88. The maximum absolute atomic E-state index is 8.88. The number of unbranched alkanes of at least 4 members (excludes halogenated alkanes) is 1. The third kappa shape index (κ3) is 3.49. The molecular formula is C17H18N6S. The topological polar surface area (TPSA) is 93.4 Å². The Hall–Kier alpha value is -2.59. The summed E-state index contributed by atoms with van der Waals surface area (Å²) in [6, 6.07) is 9.61. The van der Waals surface area contributed by atoms with E-state index in [0.29, 0.717) is 28.6 Å². The molecule has 2 aromatic heterocycles. The number of rotatable bonds is 6. The number of hydrogen-bond donors (Lipinski definition) is 1. The summed E-state index contributed by atoms with van der Waals surface area (Å²) in [5, 5.41) is 9.57. The molecule has 0 amide bonds. The van der Waals surface area contributed by atoms with Crippen LogP contribution in [0.2, 0.25) is 0 Å². The molecular weight excluding hydrogens is 320 g/mol.